The van der Waals surface area contributed by atoms with E-state index in [1.807, 2.05) is 7.11 Å². The molecular weight excluding hydrogens is 174 g/mol. The van der Waals surface area contributed by atoms with Gasteiger partial charge in [-0.15, -0.1) is 0 Å². The molecule has 0 bridgehead atoms. The van der Waals surface area contributed by atoms with Crippen LogP contribution in [0.25, 0.3) is 0 Å². The van der Waals surface area contributed by atoms with E-state index in [9.17, 15) is 0 Å². The van der Waals surface area contributed by atoms with Gasteiger partial charge in [-0.25, -0.2) is 0 Å². The summed E-state index contributed by atoms with van der Waals surface area (Å²) in [5, 5.41) is 3.64. The molecule has 84 valence electrons. The van der Waals surface area contributed by atoms with Crippen LogP contribution in [0.15, 0.2) is 0 Å². The first-order chi connectivity index (χ1) is 6.79. The molecule has 2 heteroatoms. The summed E-state index contributed by atoms with van der Waals surface area (Å²) < 4.78 is 5.72. The summed E-state index contributed by atoms with van der Waals surface area (Å²) in [6.07, 6.45) is 7.51. The van der Waals surface area contributed by atoms with Gasteiger partial charge >= 0.3 is 0 Å². The summed E-state index contributed by atoms with van der Waals surface area (Å²) in [4.78, 5) is 0. The van der Waals surface area contributed by atoms with Crippen LogP contribution in [-0.2, 0) is 4.74 Å². The van der Waals surface area contributed by atoms with Crippen molar-refractivity contribution in [2.24, 2.45) is 0 Å². The second-order valence-corrected chi connectivity index (χ2v) is 4.42. The van der Waals surface area contributed by atoms with Crippen molar-refractivity contribution in [3.8, 4) is 0 Å². The third-order valence-electron chi connectivity index (χ3n) is 3.46. The smallest absolute Gasteiger partial charge is 0.0831 e. The highest BCUT2D eigenvalue weighted by Gasteiger charge is 2.43. The lowest BCUT2D eigenvalue weighted by Crippen LogP contribution is -2.56. The van der Waals surface area contributed by atoms with E-state index in [0.29, 0.717) is 6.04 Å². The number of rotatable bonds is 7. The fourth-order valence-electron chi connectivity index (χ4n) is 2.38. The number of ether oxygens (including phenoxy) is 1. The lowest BCUT2D eigenvalue weighted by molar-refractivity contribution is -0.0999. The average Bonchev–Trinajstić information content (AvgIpc) is 2.13. The Labute approximate surface area is 88.4 Å². The molecule has 0 saturated heterocycles. The summed E-state index contributed by atoms with van der Waals surface area (Å²) in [6, 6.07) is 0.575. The Morgan fingerprint density at radius 3 is 2.36 bits per heavy atom. The number of nitrogens with one attached hydrogen (secondary N) is 1. The molecule has 1 unspecified atom stereocenters. The van der Waals surface area contributed by atoms with Crippen molar-refractivity contribution in [3.05, 3.63) is 0 Å². The van der Waals surface area contributed by atoms with Crippen LogP contribution in [0.3, 0.4) is 0 Å². The summed E-state index contributed by atoms with van der Waals surface area (Å²) in [5.41, 5.74) is 0.172. The summed E-state index contributed by atoms with van der Waals surface area (Å²) in [6.45, 7) is 5.59. The van der Waals surface area contributed by atoms with Gasteiger partial charge in [0.1, 0.15) is 0 Å². The maximum absolute atomic E-state index is 5.72. The van der Waals surface area contributed by atoms with Crippen LogP contribution in [0.2, 0.25) is 0 Å². The van der Waals surface area contributed by atoms with Gasteiger partial charge in [0.05, 0.1) is 5.60 Å². The largest absolute Gasteiger partial charge is 0.377 e. The first-order valence-corrected chi connectivity index (χ1v) is 6.07. The van der Waals surface area contributed by atoms with E-state index in [2.05, 4.69) is 19.2 Å². The summed E-state index contributed by atoms with van der Waals surface area (Å²) in [5.74, 6) is 0. The molecule has 0 aromatic heterocycles. The minimum Gasteiger partial charge on any atom is -0.377 e. The predicted octanol–water partition coefficient (Wildman–Crippen LogP) is 2.72. The van der Waals surface area contributed by atoms with Gasteiger partial charge in [0.2, 0.25) is 0 Å². The molecule has 1 N–H and O–H groups in total. The molecule has 0 aromatic carbocycles. The Hall–Kier alpha value is -0.0800. The van der Waals surface area contributed by atoms with Gasteiger partial charge in [0, 0.05) is 13.2 Å². The Kier molecular flexibility index (Phi) is 4.90. The van der Waals surface area contributed by atoms with Crippen molar-refractivity contribution in [1.82, 2.24) is 5.32 Å². The fourth-order valence-corrected chi connectivity index (χ4v) is 2.38. The zero-order valence-electron chi connectivity index (χ0n) is 9.94. The predicted molar refractivity (Wildman–Crippen MR) is 60.6 cm³/mol. The molecule has 1 atom stereocenters. The molecular formula is C12H25NO. The summed E-state index contributed by atoms with van der Waals surface area (Å²) >= 11 is 0. The molecule has 1 aliphatic rings. The molecule has 14 heavy (non-hydrogen) atoms. The van der Waals surface area contributed by atoms with Gasteiger partial charge in [0.15, 0.2) is 0 Å². The van der Waals surface area contributed by atoms with Crippen molar-refractivity contribution < 1.29 is 4.74 Å². The maximum Gasteiger partial charge on any atom is 0.0831 e. The van der Waals surface area contributed by atoms with E-state index in [1.54, 1.807) is 0 Å². The standard InChI is InChI=1S/C12H25NO/c1-4-7-11(13-10-5-2)12(14-3)8-6-9-12/h11,13H,4-10H2,1-3H3. The third kappa shape index (κ3) is 2.48. The van der Waals surface area contributed by atoms with Crippen molar-refractivity contribution in [2.75, 3.05) is 13.7 Å². The van der Waals surface area contributed by atoms with Crippen LogP contribution < -0.4 is 5.32 Å². The number of methoxy groups -OCH3 is 1. The Morgan fingerprint density at radius 1 is 1.29 bits per heavy atom. The average molecular weight is 199 g/mol. The molecule has 1 fully saturated rings. The molecule has 0 radical (unpaired) electrons. The van der Waals surface area contributed by atoms with Crippen LogP contribution in [-0.4, -0.2) is 25.3 Å². The van der Waals surface area contributed by atoms with Crippen molar-refractivity contribution in [2.45, 2.75) is 64.0 Å². The van der Waals surface area contributed by atoms with Gasteiger partial charge in [-0.05, 0) is 38.6 Å². The Morgan fingerprint density at radius 2 is 2.00 bits per heavy atom. The van der Waals surface area contributed by atoms with Crippen molar-refractivity contribution in [1.29, 1.82) is 0 Å². The normalized spacial score (nSPS) is 21.6. The molecule has 1 aliphatic carbocycles. The van der Waals surface area contributed by atoms with Crippen molar-refractivity contribution >= 4 is 0 Å². The monoisotopic (exact) mass is 199 g/mol. The zero-order valence-corrected chi connectivity index (χ0v) is 9.94. The minimum absolute atomic E-state index is 0.172. The van der Waals surface area contributed by atoms with E-state index < -0.39 is 0 Å². The molecule has 0 aromatic rings. The molecule has 0 amide bonds. The van der Waals surface area contributed by atoms with Crippen LogP contribution in [0.5, 0.6) is 0 Å². The lowest BCUT2D eigenvalue weighted by Gasteiger charge is -2.47. The maximum atomic E-state index is 5.72. The Balaban J connectivity index is 2.46. The van der Waals surface area contributed by atoms with Gasteiger partial charge in [0.25, 0.3) is 0 Å². The van der Waals surface area contributed by atoms with E-state index in [4.69, 9.17) is 4.74 Å². The molecule has 2 nitrogen and oxygen atoms in total. The minimum atomic E-state index is 0.172. The molecule has 0 spiro atoms. The molecule has 1 rings (SSSR count). The quantitative estimate of drug-likeness (QED) is 0.680. The topological polar surface area (TPSA) is 21.3 Å². The second-order valence-electron chi connectivity index (χ2n) is 4.42. The van der Waals surface area contributed by atoms with E-state index in [0.717, 1.165) is 6.54 Å². The van der Waals surface area contributed by atoms with Crippen LogP contribution in [0.4, 0.5) is 0 Å². The number of hydrogen-bond donors (Lipinski definition) is 1. The van der Waals surface area contributed by atoms with Gasteiger partial charge < -0.3 is 10.1 Å². The SMILES string of the molecule is CCCNC(CCC)C1(OC)CCC1. The highest BCUT2D eigenvalue weighted by atomic mass is 16.5. The van der Waals surface area contributed by atoms with E-state index >= 15 is 0 Å². The van der Waals surface area contributed by atoms with E-state index in [1.165, 1.54) is 38.5 Å². The van der Waals surface area contributed by atoms with Crippen molar-refractivity contribution in [3.63, 3.8) is 0 Å². The molecule has 0 heterocycles. The fraction of sp³-hybridized carbons (Fsp3) is 1.00. The number of hydrogen-bond acceptors (Lipinski definition) is 2. The first-order valence-electron chi connectivity index (χ1n) is 6.07. The zero-order chi connectivity index (χ0) is 10.4. The van der Waals surface area contributed by atoms with Crippen LogP contribution in [0, 0.1) is 0 Å². The molecule has 1 saturated carbocycles. The second kappa shape index (κ2) is 5.72. The highest BCUT2D eigenvalue weighted by Crippen LogP contribution is 2.39. The van der Waals surface area contributed by atoms with Gasteiger partial charge in [-0.1, -0.05) is 20.3 Å². The van der Waals surface area contributed by atoms with Gasteiger partial charge in [-0.2, -0.15) is 0 Å². The highest BCUT2D eigenvalue weighted by molar-refractivity contribution is 4.99. The van der Waals surface area contributed by atoms with E-state index in [-0.39, 0.29) is 5.60 Å². The summed E-state index contributed by atoms with van der Waals surface area (Å²) in [7, 11) is 1.87. The first kappa shape index (κ1) is 12.0. The van der Waals surface area contributed by atoms with Crippen LogP contribution >= 0.6 is 0 Å². The molecule has 0 aliphatic heterocycles. The van der Waals surface area contributed by atoms with Gasteiger partial charge in [-0.3, -0.25) is 0 Å². The van der Waals surface area contributed by atoms with Crippen LogP contribution in [0.1, 0.15) is 52.4 Å². The third-order valence-corrected chi connectivity index (χ3v) is 3.46. The Bertz CT molecular complexity index is 149. The lowest BCUT2D eigenvalue weighted by atomic mass is 9.73.